The molecule has 0 aromatic carbocycles. The van der Waals surface area contributed by atoms with Gasteiger partial charge in [0.25, 0.3) is 0 Å². The van der Waals surface area contributed by atoms with Gasteiger partial charge >= 0.3 is 5.97 Å². The van der Waals surface area contributed by atoms with Crippen LogP contribution in [0.5, 0.6) is 0 Å². The Bertz CT molecular complexity index is 564. The molecule has 0 spiro atoms. The van der Waals surface area contributed by atoms with E-state index in [-0.39, 0.29) is 6.04 Å². The Labute approximate surface area is 121 Å². The summed E-state index contributed by atoms with van der Waals surface area (Å²) in [6.07, 6.45) is 1.84. The van der Waals surface area contributed by atoms with E-state index in [4.69, 9.17) is 16.7 Å². The van der Waals surface area contributed by atoms with Gasteiger partial charge in [-0.15, -0.1) is 11.3 Å². The Balaban J connectivity index is 2.43. The van der Waals surface area contributed by atoms with Crippen LogP contribution in [0.2, 0.25) is 4.34 Å². The first-order valence-electron chi connectivity index (χ1n) is 4.85. The predicted octanol–water partition coefficient (Wildman–Crippen LogP) is 4.12. The van der Waals surface area contributed by atoms with E-state index < -0.39 is 5.97 Å². The first kappa shape index (κ1) is 12.9. The van der Waals surface area contributed by atoms with Gasteiger partial charge in [-0.05, 0) is 47.7 Å². The number of aromatic nitrogens is 1. The largest absolute Gasteiger partial charge is 0.477 e. The van der Waals surface area contributed by atoms with Crippen molar-refractivity contribution in [2.45, 2.75) is 13.0 Å². The fourth-order valence-corrected chi connectivity index (χ4v) is 3.33. The standard InChI is InChI=1S/C11H9ClINO2S/c1-6(9-2-3-10(12)17-9)14-5-7(13)4-8(14)11(15)16/h2-6H,1H3,(H,15,16). The maximum Gasteiger partial charge on any atom is 0.352 e. The molecule has 90 valence electrons. The van der Waals surface area contributed by atoms with E-state index in [9.17, 15) is 4.79 Å². The molecule has 2 heterocycles. The number of hydrogen-bond acceptors (Lipinski definition) is 2. The van der Waals surface area contributed by atoms with Crippen LogP contribution in [0, 0.1) is 3.57 Å². The van der Waals surface area contributed by atoms with Crippen molar-refractivity contribution in [1.82, 2.24) is 4.57 Å². The zero-order valence-electron chi connectivity index (χ0n) is 8.85. The molecule has 2 aromatic heterocycles. The summed E-state index contributed by atoms with van der Waals surface area (Å²) >= 11 is 9.47. The van der Waals surface area contributed by atoms with Crippen molar-refractivity contribution in [3.63, 3.8) is 0 Å². The molecule has 1 atom stereocenters. The number of halogens is 2. The van der Waals surface area contributed by atoms with Crippen LogP contribution in [-0.4, -0.2) is 15.6 Å². The zero-order valence-corrected chi connectivity index (χ0v) is 12.6. The molecule has 1 N–H and O–H groups in total. The summed E-state index contributed by atoms with van der Waals surface area (Å²) in [5, 5.41) is 9.13. The van der Waals surface area contributed by atoms with E-state index in [1.165, 1.54) is 11.3 Å². The van der Waals surface area contributed by atoms with Gasteiger partial charge in [0, 0.05) is 14.6 Å². The van der Waals surface area contributed by atoms with E-state index in [0.717, 1.165) is 8.45 Å². The SMILES string of the molecule is CC(c1ccc(Cl)s1)n1cc(I)cc1C(=O)O. The number of hydrogen-bond donors (Lipinski definition) is 1. The summed E-state index contributed by atoms with van der Waals surface area (Å²) in [6, 6.07) is 5.39. The van der Waals surface area contributed by atoms with E-state index in [2.05, 4.69) is 22.6 Å². The highest BCUT2D eigenvalue weighted by Crippen LogP contribution is 2.30. The molecular weight excluding hydrogens is 373 g/mol. The van der Waals surface area contributed by atoms with Gasteiger partial charge in [-0.25, -0.2) is 4.79 Å². The van der Waals surface area contributed by atoms with Crippen molar-refractivity contribution in [2.24, 2.45) is 0 Å². The minimum atomic E-state index is -0.914. The number of carboxylic acid groups (broad SMARTS) is 1. The van der Waals surface area contributed by atoms with Crippen molar-refractivity contribution in [2.75, 3.05) is 0 Å². The molecule has 2 aromatic rings. The molecule has 0 aliphatic rings. The van der Waals surface area contributed by atoms with Crippen molar-refractivity contribution in [3.05, 3.63) is 42.9 Å². The highest BCUT2D eigenvalue weighted by atomic mass is 127. The van der Waals surface area contributed by atoms with Gasteiger partial charge in [0.1, 0.15) is 5.69 Å². The third-order valence-electron chi connectivity index (χ3n) is 2.46. The molecule has 1 unspecified atom stereocenters. The summed E-state index contributed by atoms with van der Waals surface area (Å²) in [7, 11) is 0. The van der Waals surface area contributed by atoms with E-state index in [0.29, 0.717) is 10.0 Å². The molecule has 0 aliphatic carbocycles. The lowest BCUT2D eigenvalue weighted by molar-refractivity contribution is 0.0684. The summed E-state index contributed by atoms with van der Waals surface area (Å²) in [6.45, 7) is 1.96. The highest BCUT2D eigenvalue weighted by Gasteiger charge is 2.18. The monoisotopic (exact) mass is 381 g/mol. The predicted molar refractivity (Wildman–Crippen MR) is 77.3 cm³/mol. The molecular formula is C11H9ClINO2S. The van der Waals surface area contributed by atoms with Crippen LogP contribution in [0.1, 0.15) is 28.3 Å². The fourth-order valence-electron chi connectivity index (χ4n) is 1.63. The van der Waals surface area contributed by atoms with Gasteiger partial charge in [-0.3, -0.25) is 0 Å². The summed E-state index contributed by atoms with van der Waals surface area (Å²) in [4.78, 5) is 12.2. The quantitative estimate of drug-likeness (QED) is 0.813. The topological polar surface area (TPSA) is 42.2 Å². The maximum atomic E-state index is 11.1. The molecule has 0 saturated heterocycles. The second kappa shape index (κ2) is 4.99. The second-order valence-electron chi connectivity index (χ2n) is 3.57. The molecule has 0 amide bonds. The van der Waals surface area contributed by atoms with Gasteiger partial charge in [0.2, 0.25) is 0 Å². The van der Waals surface area contributed by atoms with E-state index >= 15 is 0 Å². The van der Waals surface area contributed by atoms with Crippen LogP contribution in [0.4, 0.5) is 0 Å². The lowest BCUT2D eigenvalue weighted by Crippen LogP contribution is -2.11. The molecule has 0 fully saturated rings. The second-order valence-corrected chi connectivity index (χ2v) is 6.57. The average Bonchev–Trinajstić information content (AvgIpc) is 2.83. The molecule has 2 rings (SSSR count). The third kappa shape index (κ3) is 2.66. The van der Waals surface area contributed by atoms with Gasteiger partial charge in [-0.2, -0.15) is 0 Å². The zero-order chi connectivity index (χ0) is 12.6. The number of nitrogens with zero attached hydrogens (tertiary/aromatic N) is 1. The van der Waals surface area contributed by atoms with Crippen LogP contribution in [-0.2, 0) is 0 Å². The van der Waals surface area contributed by atoms with Crippen molar-refractivity contribution in [1.29, 1.82) is 0 Å². The normalized spacial score (nSPS) is 12.6. The number of carboxylic acids is 1. The molecule has 6 heteroatoms. The molecule has 0 aliphatic heterocycles. The number of thiophene rings is 1. The Kier molecular flexibility index (Phi) is 3.79. The summed E-state index contributed by atoms with van der Waals surface area (Å²) in [5.74, 6) is -0.914. The molecule has 17 heavy (non-hydrogen) atoms. The summed E-state index contributed by atoms with van der Waals surface area (Å²) in [5.41, 5.74) is 0.298. The molecule has 0 radical (unpaired) electrons. The molecule has 0 bridgehead atoms. The fraction of sp³-hybridized carbons (Fsp3) is 0.182. The Morgan fingerprint density at radius 1 is 1.59 bits per heavy atom. The van der Waals surface area contributed by atoms with Crippen LogP contribution in [0.15, 0.2) is 24.4 Å². The van der Waals surface area contributed by atoms with Crippen LogP contribution >= 0.6 is 45.5 Å². The lowest BCUT2D eigenvalue weighted by Gasteiger charge is -2.13. The van der Waals surface area contributed by atoms with Gasteiger partial charge < -0.3 is 9.67 Å². The van der Waals surface area contributed by atoms with Gasteiger partial charge in [0.05, 0.1) is 10.4 Å². The first-order chi connectivity index (χ1) is 7.99. The molecule has 3 nitrogen and oxygen atoms in total. The van der Waals surface area contributed by atoms with Gasteiger partial charge in [-0.1, -0.05) is 11.6 Å². The summed E-state index contributed by atoms with van der Waals surface area (Å²) < 4.78 is 3.38. The average molecular weight is 382 g/mol. The van der Waals surface area contributed by atoms with Crippen molar-refractivity contribution < 1.29 is 9.90 Å². The number of rotatable bonds is 3. The van der Waals surface area contributed by atoms with Gasteiger partial charge in [0.15, 0.2) is 0 Å². The van der Waals surface area contributed by atoms with Crippen LogP contribution in [0.3, 0.4) is 0 Å². The number of aromatic carboxylic acids is 1. The van der Waals surface area contributed by atoms with E-state index in [1.807, 2.05) is 25.3 Å². The Morgan fingerprint density at radius 3 is 2.82 bits per heavy atom. The smallest absolute Gasteiger partial charge is 0.352 e. The highest BCUT2D eigenvalue weighted by molar-refractivity contribution is 14.1. The Hall–Kier alpha value is -0.530. The minimum Gasteiger partial charge on any atom is -0.477 e. The van der Waals surface area contributed by atoms with Crippen molar-refractivity contribution in [3.8, 4) is 0 Å². The van der Waals surface area contributed by atoms with Crippen molar-refractivity contribution >= 4 is 51.5 Å². The molecule has 0 saturated carbocycles. The van der Waals surface area contributed by atoms with Crippen LogP contribution < -0.4 is 0 Å². The maximum absolute atomic E-state index is 11.1. The Morgan fingerprint density at radius 2 is 2.29 bits per heavy atom. The van der Waals surface area contributed by atoms with Crippen LogP contribution in [0.25, 0.3) is 0 Å². The van der Waals surface area contributed by atoms with E-state index in [1.54, 1.807) is 10.6 Å². The number of carbonyl (C=O) groups is 1. The third-order valence-corrected chi connectivity index (χ3v) is 4.45. The minimum absolute atomic E-state index is 0.0258. The first-order valence-corrected chi connectivity index (χ1v) is 7.12. The lowest BCUT2D eigenvalue weighted by atomic mass is 10.2.